The van der Waals surface area contributed by atoms with E-state index in [-0.39, 0.29) is 74.5 Å². The molecule has 0 aliphatic heterocycles. The van der Waals surface area contributed by atoms with E-state index in [1.165, 1.54) is 33.8 Å². The first-order valence-corrected chi connectivity index (χ1v) is 55.7. The Bertz CT molecular complexity index is 4740. The summed E-state index contributed by atoms with van der Waals surface area (Å²) in [4.78, 5) is 97.5. The van der Waals surface area contributed by atoms with Crippen LogP contribution in [0.15, 0.2) is 165 Å². The minimum atomic E-state index is -0.902. The highest BCUT2D eigenvalue weighted by molar-refractivity contribution is 9.09. The number of carboxylic acid groups (broad SMARTS) is 2. The molecule has 2 N–H and O–H groups in total. The van der Waals surface area contributed by atoms with Crippen LogP contribution in [0.3, 0.4) is 0 Å². The van der Waals surface area contributed by atoms with Crippen LogP contribution in [0.2, 0.25) is 30.1 Å². The molecule has 0 aliphatic rings. The Balaban J connectivity index is 0.000000381. The maximum atomic E-state index is 12.3. The van der Waals surface area contributed by atoms with Gasteiger partial charge in [0.25, 0.3) is 0 Å². The molecule has 0 bridgehead atoms. The Hall–Kier alpha value is -7.66. The number of alkyl halides is 1. The Morgan fingerprint density at radius 3 is 0.823 bits per heavy atom. The number of benzene rings is 8. The smallest absolute Gasteiger partial charge is 0.310 e. The second-order valence-corrected chi connectivity index (χ2v) is 40.2. The normalized spacial score (nSPS) is 10.7. The van der Waals surface area contributed by atoms with E-state index >= 15 is 0 Å². The van der Waals surface area contributed by atoms with E-state index in [1.807, 2.05) is 122 Å². The minimum absolute atomic E-state index is 0.0309. The van der Waals surface area contributed by atoms with Crippen LogP contribution >= 0.6 is 133 Å². The molecule has 0 fully saturated rings. The van der Waals surface area contributed by atoms with Gasteiger partial charge in [0.05, 0.1) is 91.8 Å². The topological polar surface area (TPSA) is 269 Å². The minimum Gasteiger partial charge on any atom is -0.493 e. The van der Waals surface area contributed by atoms with Crippen LogP contribution in [-0.4, -0.2) is 147 Å². The van der Waals surface area contributed by atoms with E-state index in [0.29, 0.717) is 153 Å². The molecule has 0 saturated heterocycles. The summed E-state index contributed by atoms with van der Waals surface area (Å²) in [6, 6.07) is 46.3. The van der Waals surface area contributed by atoms with E-state index in [1.54, 1.807) is 76.7 Å². The molecule has 0 atom stereocenters. The highest BCUT2D eigenvalue weighted by atomic mass is 79.9. The van der Waals surface area contributed by atoms with Crippen molar-refractivity contribution >= 4 is 181 Å². The maximum absolute atomic E-state index is 12.3. The molecule has 0 amide bonds. The summed E-state index contributed by atoms with van der Waals surface area (Å²) in [5, 5.41) is 23.2. The van der Waals surface area contributed by atoms with Crippen molar-refractivity contribution in [2.45, 2.75) is 280 Å². The van der Waals surface area contributed by atoms with Gasteiger partial charge in [0, 0.05) is 103 Å². The fourth-order valence-electron chi connectivity index (χ4n) is 14.6. The number of halogens is 7. The van der Waals surface area contributed by atoms with Gasteiger partial charge in [-0.05, 0) is 306 Å². The van der Waals surface area contributed by atoms with Gasteiger partial charge >= 0.3 is 47.8 Å². The zero-order valence-electron chi connectivity index (χ0n) is 82.9. The van der Waals surface area contributed by atoms with Crippen LogP contribution in [0.4, 0.5) is 0 Å². The number of carbonyl (C=O) groups excluding carboxylic acids is 6. The summed E-state index contributed by atoms with van der Waals surface area (Å²) in [5.41, 5.74) is 10.1. The highest BCUT2D eigenvalue weighted by Crippen LogP contribution is 2.35. The number of rotatable bonds is 64. The van der Waals surface area contributed by atoms with Crippen molar-refractivity contribution in [2.75, 3.05) is 88.7 Å². The number of thiol groups is 1. The van der Waals surface area contributed by atoms with E-state index < -0.39 is 11.9 Å². The van der Waals surface area contributed by atoms with E-state index in [4.69, 9.17) is 122 Å². The Morgan fingerprint density at radius 2 is 0.553 bits per heavy atom. The molecule has 20 nitrogen and oxygen atoms in total. The van der Waals surface area contributed by atoms with Gasteiger partial charge in [-0.3, -0.25) is 38.4 Å². The lowest BCUT2D eigenvalue weighted by Crippen LogP contribution is -2.12. The van der Waals surface area contributed by atoms with Crippen molar-refractivity contribution in [1.82, 2.24) is 0 Å². The number of aliphatic carboxylic acids is 2. The molecular weight excluding hydrogens is 2060 g/mol. The zero-order chi connectivity index (χ0) is 103. The molecule has 8 rings (SSSR count). The molecule has 0 aliphatic carbocycles. The second-order valence-electron chi connectivity index (χ2n) is 32.8. The number of thioether (sulfide) groups is 3. The molecule has 0 aromatic heterocycles. The van der Waals surface area contributed by atoms with E-state index in [0.717, 1.165) is 197 Å². The molecular formula is C110H143BrCl6O20S4. The quantitative estimate of drug-likeness (QED) is 0.00798. The first kappa shape index (κ1) is 126. The summed E-state index contributed by atoms with van der Waals surface area (Å²) in [5.74, 6) is 2.56. The number of unbranched alkanes of at least 4 members (excludes halogenated alkanes) is 12. The number of carboxylic acids is 2. The van der Waals surface area contributed by atoms with Gasteiger partial charge in [0.15, 0.2) is 0 Å². The number of hydrogen-bond acceptors (Lipinski definition) is 22. The van der Waals surface area contributed by atoms with Crippen molar-refractivity contribution in [3.05, 3.63) is 231 Å². The van der Waals surface area contributed by atoms with Crippen LogP contribution in [0.1, 0.15) is 251 Å². The standard InChI is InChI=1S/C29H39ClO5S.C28H36Cl2O5S.C25H31ClO5S.C22H33BrO5.C6H4Cl2S/c1-4-33-28(31)15-11-16-35-27-14-10-13-23(26(27)21-29(32)34-5-2)12-8-6-7-9-17-36-25-19-22(3)18-24(30)20-25;1-3-33-27(31)14-10-15-35-26-13-9-12-21(25(26)20-28(32)34-4-2)11-7-5-6-8-16-36-24-18-22(29)17-23(30)19-24;1-18-14-20(26)16-21(15-18)32-13-5-3-2-4-8-19-9-6-10-23(22(19)17-25(29)30)31-12-7-11-24(27)28;1-3-26-21(24)14-10-16-28-20-13-9-12-18(11-7-5-6-8-15-23)19(20)17-22(25)27-4-2;7-4-1-5(8)3-6(9)2-4/h10,13-14,18-20H,4-9,11-12,15-17,21H2,1-3H3;9,12-13,17-19H,3-8,10-11,14-16,20H2,1-2H3;6,9-10,14-16H,2-5,7-8,11-13,17H2,1H3,(H,27,28)(H,29,30);9,12-13H,3-8,10-11,14-17H2,1-2H3;1-3,9H. The zero-order valence-corrected chi connectivity index (χ0v) is 92.4. The molecule has 31 heteroatoms. The number of aryl methyl sites for hydroxylation is 6. The first-order chi connectivity index (χ1) is 68.0. The summed E-state index contributed by atoms with van der Waals surface area (Å²) in [7, 11) is 0. The largest absolute Gasteiger partial charge is 0.493 e. The summed E-state index contributed by atoms with van der Waals surface area (Å²) >= 11 is 48.6. The first-order valence-electron chi connectivity index (χ1n) is 48.9. The van der Waals surface area contributed by atoms with Crippen molar-refractivity contribution in [1.29, 1.82) is 0 Å². The maximum Gasteiger partial charge on any atom is 0.310 e. The van der Waals surface area contributed by atoms with Crippen molar-refractivity contribution in [2.24, 2.45) is 0 Å². The lowest BCUT2D eigenvalue weighted by atomic mass is 9.98. The average Bonchev–Trinajstić information content (AvgIpc) is 0.846. The SMILES string of the molecule is CCOC(=O)CCCOc1cccc(CCCCCCBr)c1CC(=O)OCC.CCOC(=O)CCCOc1cccc(CCCCCCSc2cc(C)cc(Cl)c2)c1CC(=O)OCC.CCOC(=O)CCCOc1cccc(CCCCCCSc2cc(Cl)cc(Cl)c2)c1CC(=O)OCC.Cc1cc(Cl)cc(SCCCCCCc2cccc(OCCCC(=O)O)c2CC(=O)O)c1.Sc1cc(Cl)cc(Cl)c1. The molecule has 8 aromatic rings. The van der Waals surface area contributed by atoms with Crippen molar-refractivity contribution in [3.8, 4) is 23.0 Å². The number of carbonyl (C=O) groups is 8. The van der Waals surface area contributed by atoms with Crippen LogP contribution < -0.4 is 18.9 Å². The predicted octanol–water partition coefficient (Wildman–Crippen LogP) is 29.8. The third-order valence-corrected chi connectivity index (χ3v) is 26.4. The molecule has 0 radical (unpaired) electrons. The fourth-order valence-corrected chi connectivity index (χ4v) is 20.5. The monoisotopic (exact) mass is 2200 g/mol. The molecule has 0 heterocycles. The van der Waals surface area contributed by atoms with Gasteiger partial charge in [-0.25, -0.2) is 0 Å². The Labute approximate surface area is 893 Å². The Kier molecular flexibility index (Phi) is 69.3. The lowest BCUT2D eigenvalue weighted by Gasteiger charge is -2.15. The van der Waals surface area contributed by atoms with E-state index in [9.17, 15) is 43.5 Å². The molecule has 0 saturated carbocycles. The van der Waals surface area contributed by atoms with Gasteiger partial charge < -0.3 is 57.6 Å². The molecule has 0 unspecified atom stereocenters. The second kappa shape index (κ2) is 77.8. The van der Waals surface area contributed by atoms with Gasteiger partial charge in [-0.2, -0.15) is 0 Å². The van der Waals surface area contributed by atoms with Crippen molar-refractivity contribution < 1.29 is 95.9 Å². The average molecular weight is 2210 g/mol. The number of hydrogen-bond donors (Lipinski definition) is 3. The molecule has 0 spiro atoms. The van der Waals surface area contributed by atoms with Gasteiger partial charge in [-0.15, -0.1) is 47.9 Å². The molecule has 776 valence electrons. The third kappa shape index (κ3) is 58.9. The summed E-state index contributed by atoms with van der Waals surface area (Å²) < 4.78 is 53.9. The molecule has 141 heavy (non-hydrogen) atoms. The van der Waals surface area contributed by atoms with Gasteiger partial charge in [0.2, 0.25) is 0 Å². The lowest BCUT2D eigenvalue weighted by molar-refractivity contribution is -0.144. The number of ether oxygens (including phenoxy) is 10. The predicted molar refractivity (Wildman–Crippen MR) is 582 cm³/mol. The van der Waals surface area contributed by atoms with E-state index in [2.05, 4.69) is 65.8 Å². The van der Waals surface area contributed by atoms with Crippen molar-refractivity contribution in [3.63, 3.8) is 0 Å². The van der Waals surface area contributed by atoms with Gasteiger partial charge in [-0.1, -0.05) is 185 Å². The Morgan fingerprint density at radius 1 is 0.298 bits per heavy atom. The van der Waals surface area contributed by atoms with Crippen LogP contribution in [0.5, 0.6) is 23.0 Å². The van der Waals surface area contributed by atoms with Crippen LogP contribution in [0.25, 0.3) is 0 Å². The third-order valence-electron chi connectivity index (χ3n) is 21.1. The summed E-state index contributed by atoms with van der Waals surface area (Å²) in [6.07, 6.45) is 24.7. The van der Waals surface area contributed by atoms with Gasteiger partial charge in [0.1, 0.15) is 23.0 Å². The number of esters is 6. The summed E-state index contributed by atoms with van der Waals surface area (Å²) in [6.45, 7) is 18.5. The fraction of sp³-hybridized carbons (Fsp3) is 0.491. The highest BCUT2D eigenvalue weighted by Gasteiger charge is 2.21. The van der Waals surface area contributed by atoms with Crippen LogP contribution in [-0.2, 0) is 118 Å². The van der Waals surface area contributed by atoms with Crippen LogP contribution in [0, 0.1) is 13.8 Å². The molecule has 8 aromatic carbocycles.